The molecule has 1 aromatic carbocycles. The van der Waals surface area contributed by atoms with Crippen molar-refractivity contribution in [2.45, 2.75) is 6.36 Å². The smallest absolute Gasteiger partial charge is 0.406 e. The van der Waals surface area contributed by atoms with E-state index < -0.39 is 31.0 Å². The van der Waals surface area contributed by atoms with Gasteiger partial charge in [0, 0.05) is 27.4 Å². The Kier molecular flexibility index (Phi) is 6.33. The summed E-state index contributed by atoms with van der Waals surface area (Å²) in [5.74, 6) is -0.605. The summed E-state index contributed by atoms with van der Waals surface area (Å²) in [5.41, 5.74) is -0.452. The average Bonchev–Trinajstić information content (AvgIpc) is 2.12. The fraction of sp³-hybridized carbons (Fsp3) is 0.143. The first-order valence-electron chi connectivity index (χ1n) is 4.03. The zero-order chi connectivity index (χ0) is 15.3. The quantitative estimate of drug-likeness (QED) is 0.468. The molecule has 1 aromatic rings. The lowest BCUT2D eigenvalue weighted by atomic mass is 10.3. The summed E-state index contributed by atoms with van der Waals surface area (Å²) < 4.78 is 56.9. The van der Waals surface area contributed by atoms with Gasteiger partial charge in [-0.3, -0.25) is 10.1 Å². The number of nitro benzene ring substituents is 1. The number of nitrogens with zero attached hydrogens (tertiary/aromatic N) is 1. The maximum Gasteiger partial charge on any atom is 0.573 e. The molecule has 19 heavy (non-hydrogen) atoms. The maximum atomic E-state index is 11.7. The Morgan fingerprint density at radius 2 is 1.74 bits per heavy atom. The van der Waals surface area contributed by atoms with Crippen molar-refractivity contribution < 1.29 is 31.2 Å². The molecule has 0 atom stereocenters. The molecule has 0 aliphatic heterocycles. The number of hydrogen-bond donors (Lipinski definition) is 0. The molecule has 0 saturated carbocycles. The molecular formula is C7H4Cl2F3NO5S. The standard InChI is InChI=1S/C7H4F3NO3.Cl2O2S/c8-7(9,10)14-6-3-1-2-5(4-6)11(12)13;1-5(2,3)4/h1-4H;. The first kappa shape index (κ1) is 17.7. The topological polar surface area (TPSA) is 86.5 Å². The van der Waals surface area contributed by atoms with Gasteiger partial charge in [0.25, 0.3) is 5.69 Å². The lowest BCUT2D eigenvalue weighted by molar-refractivity contribution is -0.385. The van der Waals surface area contributed by atoms with Crippen LogP contribution in [0.25, 0.3) is 0 Å². The molecule has 0 aliphatic carbocycles. The molecule has 0 heterocycles. The minimum Gasteiger partial charge on any atom is -0.406 e. The van der Waals surface area contributed by atoms with E-state index in [1.165, 1.54) is 0 Å². The van der Waals surface area contributed by atoms with Crippen molar-refractivity contribution in [2.75, 3.05) is 0 Å². The van der Waals surface area contributed by atoms with Crippen LogP contribution in [0.5, 0.6) is 5.75 Å². The second-order valence-electron chi connectivity index (χ2n) is 2.68. The normalized spacial score (nSPS) is 11.2. The minimum absolute atomic E-state index is 0.452. The van der Waals surface area contributed by atoms with Crippen LogP contribution >= 0.6 is 21.4 Å². The van der Waals surface area contributed by atoms with E-state index >= 15 is 0 Å². The lowest BCUT2D eigenvalue weighted by Gasteiger charge is -2.07. The maximum absolute atomic E-state index is 11.7. The van der Waals surface area contributed by atoms with Gasteiger partial charge in [0.1, 0.15) is 5.75 Å². The molecule has 0 spiro atoms. The summed E-state index contributed by atoms with van der Waals surface area (Å²) in [7, 11) is 4.81. The summed E-state index contributed by atoms with van der Waals surface area (Å²) in [4.78, 5) is 9.39. The number of benzene rings is 1. The zero-order valence-corrected chi connectivity index (χ0v) is 10.9. The molecular weight excluding hydrogens is 338 g/mol. The van der Waals surface area contributed by atoms with Gasteiger partial charge in [0.15, 0.2) is 0 Å². The third kappa shape index (κ3) is 11.6. The second kappa shape index (κ2) is 6.78. The Bertz CT molecular complexity index is 540. The third-order valence-corrected chi connectivity index (χ3v) is 1.26. The number of hydrogen-bond acceptors (Lipinski definition) is 5. The molecule has 0 N–H and O–H groups in total. The van der Waals surface area contributed by atoms with Gasteiger partial charge in [-0.1, -0.05) is 6.07 Å². The number of alkyl halides is 3. The number of ether oxygens (including phenoxy) is 1. The van der Waals surface area contributed by atoms with Crippen LogP contribution in [0.15, 0.2) is 24.3 Å². The van der Waals surface area contributed by atoms with Gasteiger partial charge in [-0.25, -0.2) is 0 Å². The van der Waals surface area contributed by atoms with Crippen LogP contribution in [0.1, 0.15) is 0 Å². The van der Waals surface area contributed by atoms with E-state index in [9.17, 15) is 23.3 Å². The van der Waals surface area contributed by atoms with E-state index in [0.717, 1.165) is 18.2 Å². The number of rotatable bonds is 2. The van der Waals surface area contributed by atoms with Crippen molar-refractivity contribution in [3.05, 3.63) is 34.4 Å². The summed E-state index contributed by atoms with van der Waals surface area (Å²) in [5, 5.41) is 10.2. The molecule has 108 valence electrons. The number of nitro groups is 1. The van der Waals surface area contributed by atoms with Gasteiger partial charge in [-0.15, -0.1) is 13.2 Å². The highest BCUT2D eigenvalue weighted by molar-refractivity contribution is 8.31. The van der Waals surface area contributed by atoms with E-state index in [-0.39, 0.29) is 0 Å². The fourth-order valence-electron chi connectivity index (χ4n) is 0.794. The van der Waals surface area contributed by atoms with Crippen molar-refractivity contribution in [3.63, 3.8) is 0 Å². The Balaban J connectivity index is 0.000000555. The van der Waals surface area contributed by atoms with Crippen molar-refractivity contribution >= 4 is 35.3 Å². The predicted molar refractivity (Wildman–Crippen MR) is 60.4 cm³/mol. The molecule has 0 saturated heterocycles. The first-order valence-corrected chi connectivity index (χ1v) is 7.16. The molecule has 0 radical (unpaired) electrons. The highest BCUT2D eigenvalue weighted by atomic mass is 36.0. The number of non-ortho nitro benzene ring substituents is 1. The SMILES string of the molecule is O=S(=O)(Cl)Cl.O=[N+]([O-])c1cccc(OC(F)(F)F)c1. The molecule has 12 heteroatoms. The Labute approximate surface area is 113 Å². The van der Waals surface area contributed by atoms with Crippen molar-refractivity contribution in [2.24, 2.45) is 0 Å². The zero-order valence-electron chi connectivity index (χ0n) is 8.60. The summed E-state index contributed by atoms with van der Waals surface area (Å²) in [6, 6.07) is 3.87. The molecule has 6 nitrogen and oxygen atoms in total. The molecule has 0 amide bonds. The van der Waals surface area contributed by atoms with Crippen LogP contribution in [0, 0.1) is 10.1 Å². The van der Waals surface area contributed by atoms with Gasteiger partial charge in [0.05, 0.1) is 11.0 Å². The van der Waals surface area contributed by atoms with Crippen molar-refractivity contribution in [1.29, 1.82) is 0 Å². The van der Waals surface area contributed by atoms with Crippen LogP contribution in [0.4, 0.5) is 18.9 Å². The Morgan fingerprint density at radius 3 is 2.11 bits per heavy atom. The summed E-state index contributed by atoms with van der Waals surface area (Å²) in [6.45, 7) is 0. The Hall–Kier alpha value is -1.26. The van der Waals surface area contributed by atoms with E-state index in [4.69, 9.17) is 8.42 Å². The highest BCUT2D eigenvalue weighted by Gasteiger charge is 2.31. The lowest BCUT2D eigenvalue weighted by Crippen LogP contribution is -2.17. The van der Waals surface area contributed by atoms with E-state index in [1.807, 2.05) is 0 Å². The third-order valence-electron chi connectivity index (χ3n) is 1.26. The van der Waals surface area contributed by atoms with Crippen molar-refractivity contribution in [3.8, 4) is 5.75 Å². The van der Waals surface area contributed by atoms with Crippen molar-refractivity contribution in [1.82, 2.24) is 0 Å². The van der Waals surface area contributed by atoms with E-state index in [2.05, 4.69) is 26.1 Å². The fourth-order valence-corrected chi connectivity index (χ4v) is 0.794. The van der Waals surface area contributed by atoms with Gasteiger partial charge < -0.3 is 4.74 Å². The van der Waals surface area contributed by atoms with Crippen LogP contribution in [0.3, 0.4) is 0 Å². The minimum atomic E-state index is -4.84. The monoisotopic (exact) mass is 341 g/mol. The molecule has 1 rings (SSSR count). The van der Waals surface area contributed by atoms with Crippen LogP contribution in [0.2, 0.25) is 0 Å². The molecule has 0 aromatic heterocycles. The number of halogens is 5. The van der Waals surface area contributed by atoms with E-state index in [0.29, 0.717) is 6.07 Å². The largest absolute Gasteiger partial charge is 0.573 e. The molecule has 0 bridgehead atoms. The Morgan fingerprint density at radius 1 is 1.26 bits per heavy atom. The van der Waals surface area contributed by atoms with Gasteiger partial charge >= 0.3 is 14.6 Å². The van der Waals surface area contributed by atoms with Crippen LogP contribution < -0.4 is 4.74 Å². The molecule has 0 aliphatic rings. The first-order chi connectivity index (χ1) is 8.38. The predicted octanol–water partition coefficient (Wildman–Crippen LogP) is 3.20. The van der Waals surface area contributed by atoms with Gasteiger partial charge in [-0.05, 0) is 6.07 Å². The van der Waals surface area contributed by atoms with Gasteiger partial charge in [0.2, 0.25) is 0 Å². The highest BCUT2D eigenvalue weighted by Crippen LogP contribution is 2.25. The second-order valence-corrected chi connectivity index (χ2v) is 6.35. The van der Waals surface area contributed by atoms with E-state index in [1.54, 1.807) is 0 Å². The molecule has 0 unspecified atom stereocenters. The van der Waals surface area contributed by atoms with Crippen LogP contribution in [-0.2, 0) is 8.26 Å². The summed E-state index contributed by atoms with van der Waals surface area (Å²) in [6.07, 6.45) is -4.84. The van der Waals surface area contributed by atoms with Gasteiger partial charge in [-0.2, -0.15) is 8.42 Å². The molecule has 0 fully saturated rings. The van der Waals surface area contributed by atoms with Crippen LogP contribution in [-0.4, -0.2) is 19.7 Å². The average molecular weight is 342 g/mol. The summed E-state index contributed by atoms with van der Waals surface area (Å²) >= 11 is 0.